The third-order valence-corrected chi connectivity index (χ3v) is 7.90. The molecule has 1 aromatic carbocycles. The van der Waals surface area contributed by atoms with Crippen LogP contribution in [0.4, 0.5) is 0 Å². The molecule has 0 radical (unpaired) electrons. The second-order valence-electron chi connectivity index (χ2n) is 12.2. The molecule has 3 heterocycles. The molecule has 8 heteroatoms. The van der Waals surface area contributed by atoms with Crippen LogP contribution in [0.1, 0.15) is 76.6 Å². The second-order valence-corrected chi connectivity index (χ2v) is 12.2. The lowest BCUT2D eigenvalue weighted by Crippen LogP contribution is -2.44. The number of hydrogen-bond donors (Lipinski definition) is 0. The van der Waals surface area contributed by atoms with Gasteiger partial charge in [-0.25, -0.2) is 9.97 Å². The molecule has 1 aliphatic carbocycles. The summed E-state index contributed by atoms with van der Waals surface area (Å²) in [6.07, 6.45) is 6.44. The minimum atomic E-state index is -0.374. The van der Waals surface area contributed by atoms with Crippen molar-refractivity contribution in [3.63, 3.8) is 0 Å². The smallest absolute Gasteiger partial charge is 0.245 e. The summed E-state index contributed by atoms with van der Waals surface area (Å²) in [5.74, 6) is 0.552. The number of amides is 1. The van der Waals surface area contributed by atoms with Crippen molar-refractivity contribution in [2.24, 2.45) is 10.8 Å². The predicted molar refractivity (Wildman–Crippen MR) is 141 cm³/mol. The maximum Gasteiger partial charge on any atom is 0.245 e. The Morgan fingerprint density at radius 1 is 1.08 bits per heavy atom. The van der Waals surface area contributed by atoms with Crippen molar-refractivity contribution >= 4 is 28.4 Å². The highest BCUT2D eigenvalue weighted by molar-refractivity contribution is 6.06. The molecule has 1 amide bonds. The first kappa shape index (κ1) is 25.2. The van der Waals surface area contributed by atoms with Crippen molar-refractivity contribution in [2.75, 3.05) is 0 Å². The lowest BCUT2D eigenvalue weighted by atomic mass is 9.87. The third-order valence-electron chi connectivity index (χ3n) is 7.90. The average Bonchev–Trinajstić information content (AvgIpc) is 3.20. The fourth-order valence-electron chi connectivity index (χ4n) is 5.57. The van der Waals surface area contributed by atoms with Crippen LogP contribution in [0.25, 0.3) is 22.0 Å². The summed E-state index contributed by atoms with van der Waals surface area (Å²) in [4.78, 5) is 49.7. The Morgan fingerprint density at radius 2 is 1.78 bits per heavy atom. The second kappa shape index (κ2) is 8.85. The Balaban J connectivity index is 1.43. The SMILES string of the molecule is CC(=O)c1nn(CC(=O)N2[C@H](C(=O)CCC(C)(C)C)C[C@@]3(C)C[C@@H]23)c2ccc(-c3cnc(C)nc3)cc12. The van der Waals surface area contributed by atoms with Gasteiger partial charge in [0.1, 0.15) is 18.1 Å². The zero-order valence-corrected chi connectivity index (χ0v) is 22.5. The van der Waals surface area contributed by atoms with Gasteiger partial charge in [0.2, 0.25) is 5.91 Å². The highest BCUT2D eigenvalue weighted by Gasteiger charge is 2.64. The number of ketones is 2. The number of rotatable bonds is 7. The molecule has 194 valence electrons. The Hall–Kier alpha value is -3.42. The largest absolute Gasteiger partial charge is 0.327 e. The minimum absolute atomic E-state index is 0.00754. The Labute approximate surface area is 217 Å². The molecule has 0 bridgehead atoms. The normalized spacial score (nSPS) is 22.8. The fourth-order valence-corrected chi connectivity index (χ4v) is 5.57. The predicted octanol–water partition coefficient (Wildman–Crippen LogP) is 4.78. The van der Waals surface area contributed by atoms with Crippen molar-refractivity contribution in [3.8, 4) is 11.1 Å². The highest BCUT2D eigenvalue weighted by atomic mass is 16.2. The van der Waals surface area contributed by atoms with Gasteiger partial charge in [0.05, 0.1) is 11.6 Å². The molecule has 0 spiro atoms. The highest BCUT2D eigenvalue weighted by Crippen LogP contribution is 2.59. The topological polar surface area (TPSA) is 98.1 Å². The monoisotopic (exact) mass is 501 g/mol. The molecule has 3 aromatic rings. The maximum absolute atomic E-state index is 13.7. The number of hydrogen-bond acceptors (Lipinski definition) is 6. The number of fused-ring (bicyclic) bond motifs is 2. The molecule has 8 nitrogen and oxygen atoms in total. The molecule has 3 atom stereocenters. The standard InChI is InChI=1S/C29H35N5O3/c1-17(35)27-21-11-19(20-14-30-18(2)31-15-20)7-8-22(21)33(32-27)16-26(37)34-23(12-29(6)13-25(29)34)24(36)9-10-28(3,4)5/h7-8,11,14-15,23,25H,9-10,12-13,16H2,1-6H3/t23-,25+,29-/m0/s1. The van der Waals surface area contributed by atoms with E-state index in [4.69, 9.17) is 0 Å². The molecule has 2 aromatic heterocycles. The maximum atomic E-state index is 13.7. The molecule has 0 N–H and O–H groups in total. The van der Waals surface area contributed by atoms with Crippen LogP contribution < -0.4 is 0 Å². The number of piperidine rings is 1. The van der Waals surface area contributed by atoms with Crippen molar-refractivity contribution < 1.29 is 14.4 Å². The first-order valence-corrected chi connectivity index (χ1v) is 13.0. The number of carbonyl (C=O) groups excluding carboxylic acids is 3. The van der Waals surface area contributed by atoms with E-state index in [1.807, 2.05) is 30.0 Å². The summed E-state index contributed by atoms with van der Waals surface area (Å²) in [5, 5.41) is 5.24. The van der Waals surface area contributed by atoms with Crippen LogP contribution in [0.2, 0.25) is 0 Å². The van der Waals surface area contributed by atoms with Gasteiger partial charge in [-0.3, -0.25) is 19.1 Å². The molecule has 2 aliphatic rings. The molecular formula is C29H35N5O3. The van der Waals surface area contributed by atoms with Crippen LogP contribution in [0.15, 0.2) is 30.6 Å². The van der Waals surface area contributed by atoms with Crippen LogP contribution in [-0.2, 0) is 16.1 Å². The molecule has 5 rings (SSSR count). The van der Waals surface area contributed by atoms with Gasteiger partial charge in [0.25, 0.3) is 0 Å². The van der Waals surface area contributed by atoms with E-state index in [1.165, 1.54) is 6.92 Å². The van der Waals surface area contributed by atoms with E-state index in [0.717, 1.165) is 30.4 Å². The van der Waals surface area contributed by atoms with Gasteiger partial charge < -0.3 is 4.90 Å². The van der Waals surface area contributed by atoms with Gasteiger partial charge >= 0.3 is 0 Å². The van der Waals surface area contributed by atoms with E-state index in [2.05, 4.69) is 42.8 Å². The molecule has 2 fully saturated rings. The number of likely N-dealkylation sites (tertiary alicyclic amines) is 1. The van der Waals surface area contributed by atoms with E-state index < -0.39 is 0 Å². The van der Waals surface area contributed by atoms with E-state index >= 15 is 0 Å². The van der Waals surface area contributed by atoms with E-state index in [1.54, 1.807) is 17.1 Å². The average molecular weight is 502 g/mol. The Bertz CT molecular complexity index is 1400. The van der Waals surface area contributed by atoms with Gasteiger partial charge in [0.15, 0.2) is 11.6 Å². The summed E-state index contributed by atoms with van der Waals surface area (Å²) < 4.78 is 1.61. The van der Waals surface area contributed by atoms with E-state index in [0.29, 0.717) is 28.8 Å². The van der Waals surface area contributed by atoms with Crippen LogP contribution in [0.5, 0.6) is 0 Å². The number of benzene rings is 1. The Kier molecular flexibility index (Phi) is 6.04. The molecule has 1 saturated carbocycles. The van der Waals surface area contributed by atoms with Gasteiger partial charge in [-0.2, -0.15) is 5.10 Å². The van der Waals surface area contributed by atoms with Crippen LogP contribution in [0, 0.1) is 17.8 Å². The number of nitrogens with zero attached hydrogens (tertiary/aromatic N) is 5. The summed E-state index contributed by atoms with van der Waals surface area (Å²) in [6, 6.07) is 5.44. The van der Waals surface area contributed by atoms with Gasteiger partial charge in [-0.05, 0) is 54.7 Å². The fraction of sp³-hybridized carbons (Fsp3) is 0.517. The van der Waals surface area contributed by atoms with Crippen molar-refractivity contribution in [1.29, 1.82) is 0 Å². The molecular weight excluding hydrogens is 466 g/mol. The van der Waals surface area contributed by atoms with E-state index in [9.17, 15) is 14.4 Å². The molecule has 1 saturated heterocycles. The van der Waals surface area contributed by atoms with Crippen LogP contribution in [-0.4, -0.2) is 54.2 Å². The lowest BCUT2D eigenvalue weighted by molar-refractivity contribution is -0.139. The Morgan fingerprint density at radius 3 is 2.43 bits per heavy atom. The zero-order valence-electron chi connectivity index (χ0n) is 22.5. The summed E-state index contributed by atoms with van der Waals surface area (Å²) >= 11 is 0. The summed E-state index contributed by atoms with van der Waals surface area (Å²) in [5.41, 5.74) is 2.85. The van der Waals surface area contributed by atoms with Crippen LogP contribution in [0.3, 0.4) is 0 Å². The van der Waals surface area contributed by atoms with E-state index in [-0.39, 0.29) is 46.9 Å². The number of carbonyl (C=O) groups is 3. The molecule has 0 unspecified atom stereocenters. The van der Waals surface area contributed by atoms with Crippen molar-refractivity contribution in [2.45, 2.75) is 85.9 Å². The lowest BCUT2D eigenvalue weighted by Gasteiger charge is -2.28. The number of aromatic nitrogens is 4. The first-order valence-electron chi connectivity index (χ1n) is 13.0. The van der Waals surface area contributed by atoms with Crippen molar-refractivity contribution in [3.05, 3.63) is 42.1 Å². The minimum Gasteiger partial charge on any atom is -0.327 e. The van der Waals surface area contributed by atoms with Gasteiger partial charge in [0, 0.05) is 42.7 Å². The number of Topliss-reactive ketones (excluding diaryl/α,β-unsaturated/α-hetero) is 2. The van der Waals surface area contributed by atoms with Gasteiger partial charge in [-0.1, -0.05) is 33.8 Å². The first-order chi connectivity index (χ1) is 17.4. The van der Waals surface area contributed by atoms with Crippen molar-refractivity contribution in [1.82, 2.24) is 24.6 Å². The summed E-state index contributed by atoms with van der Waals surface area (Å²) in [6.45, 7) is 11.9. The van der Waals surface area contributed by atoms with Crippen LogP contribution >= 0.6 is 0 Å². The zero-order chi connectivity index (χ0) is 26.7. The van der Waals surface area contributed by atoms with Gasteiger partial charge in [-0.15, -0.1) is 0 Å². The quantitative estimate of drug-likeness (QED) is 0.432. The summed E-state index contributed by atoms with van der Waals surface area (Å²) in [7, 11) is 0. The molecule has 1 aliphatic heterocycles. The third kappa shape index (κ3) is 4.81. The number of aryl methyl sites for hydroxylation is 1. The molecule has 37 heavy (non-hydrogen) atoms.